The number of nitrogens with one attached hydrogen (secondary N) is 2. The monoisotopic (exact) mass is 485 g/mol. The molecule has 0 spiro atoms. The SMILES string of the molecule is COC(=O)c1nn(-c2cc(Cl)c(Oc3cc(C(C)(C)F)c(=O)[nH]n3)c(Cl)c2)c(=O)[nH]c1=O. The number of hydrogen-bond acceptors (Lipinski definition) is 8. The lowest BCUT2D eigenvalue weighted by Gasteiger charge is -2.15. The Morgan fingerprint density at radius 1 is 1.12 bits per heavy atom. The van der Waals surface area contributed by atoms with Crippen molar-refractivity contribution < 1.29 is 18.7 Å². The van der Waals surface area contributed by atoms with Crippen LogP contribution >= 0.6 is 23.2 Å². The van der Waals surface area contributed by atoms with E-state index < -0.39 is 34.1 Å². The summed E-state index contributed by atoms with van der Waals surface area (Å²) in [5.41, 5.74) is -5.63. The number of rotatable bonds is 5. The molecule has 0 amide bonds. The fourth-order valence-electron chi connectivity index (χ4n) is 2.56. The zero-order chi connectivity index (χ0) is 23.8. The van der Waals surface area contributed by atoms with Crippen molar-refractivity contribution in [1.29, 1.82) is 0 Å². The summed E-state index contributed by atoms with van der Waals surface area (Å²) < 4.78 is 24.9. The Balaban J connectivity index is 2.06. The van der Waals surface area contributed by atoms with Crippen LogP contribution in [-0.4, -0.2) is 38.0 Å². The standard InChI is InChI=1S/C18H14Cl2FN5O6/c1-18(2,21)8-6-11(23-24-14(8)27)32-13-9(19)4-7(5-10(13)20)26-17(30)22-15(28)12(25-26)16(29)31-3/h4-6H,1-3H3,(H,24,27)(H,22,28,30). The Morgan fingerprint density at radius 3 is 2.31 bits per heavy atom. The van der Waals surface area contributed by atoms with Crippen molar-refractivity contribution in [3.05, 3.63) is 70.7 Å². The largest absolute Gasteiger partial charge is 0.464 e. The summed E-state index contributed by atoms with van der Waals surface area (Å²) in [6, 6.07) is 3.51. The van der Waals surface area contributed by atoms with E-state index in [-0.39, 0.29) is 32.9 Å². The second-order valence-corrected chi connectivity index (χ2v) is 7.59. The number of aromatic nitrogens is 5. The van der Waals surface area contributed by atoms with Gasteiger partial charge in [0.05, 0.1) is 28.4 Å². The Bertz CT molecular complexity index is 1370. The maximum absolute atomic E-state index is 14.2. The third-order valence-corrected chi connectivity index (χ3v) is 4.62. The molecule has 168 valence electrons. The summed E-state index contributed by atoms with van der Waals surface area (Å²) in [5.74, 6) is -1.38. The molecule has 3 rings (SSSR count). The number of hydrogen-bond donors (Lipinski definition) is 2. The van der Waals surface area contributed by atoms with Gasteiger partial charge in [-0.05, 0) is 26.0 Å². The highest BCUT2D eigenvalue weighted by Gasteiger charge is 2.25. The van der Waals surface area contributed by atoms with Crippen molar-refractivity contribution in [2.45, 2.75) is 19.5 Å². The van der Waals surface area contributed by atoms with Crippen molar-refractivity contribution in [1.82, 2.24) is 25.0 Å². The van der Waals surface area contributed by atoms with Gasteiger partial charge in [-0.15, -0.1) is 5.10 Å². The fourth-order valence-corrected chi connectivity index (χ4v) is 3.11. The van der Waals surface area contributed by atoms with E-state index in [0.717, 1.165) is 13.2 Å². The van der Waals surface area contributed by atoms with E-state index in [2.05, 4.69) is 20.0 Å². The number of halogens is 3. The van der Waals surface area contributed by atoms with Crippen molar-refractivity contribution in [3.63, 3.8) is 0 Å². The highest BCUT2D eigenvalue weighted by atomic mass is 35.5. The number of aromatic amines is 2. The first-order chi connectivity index (χ1) is 14.9. The highest BCUT2D eigenvalue weighted by molar-refractivity contribution is 6.37. The number of carbonyl (C=O) groups excluding carboxylic acids is 1. The molecule has 1 aromatic carbocycles. The molecule has 0 saturated carbocycles. The van der Waals surface area contributed by atoms with Crippen LogP contribution in [0.2, 0.25) is 10.0 Å². The number of benzene rings is 1. The van der Waals surface area contributed by atoms with E-state index in [9.17, 15) is 23.6 Å². The van der Waals surface area contributed by atoms with Gasteiger partial charge in [0.2, 0.25) is 11.6 Å². The number of H-pyrrole nitrogens is 2. The zero-order valence-electron chi connectivity index (χ0n) is 16.7. The second-order valence-electron chi connectivity index (χ2n) is 6.77. The van der Waals surface area contributed by atoms with Crippen LogP contribution in [0, 0.1) is 0 Å². The third-order valence-electron chi connectivity index (χ3n) is 4.06. The van der Waals surface area contributed by atoms with Crippen LogP contribution in [0.1, 0.15) is 29.9 Å². The molecule has 2 aromatic heterocycles. The number of nitrogens with zero attached hydrogens (tertiary/aromatic N) is 3. The lowest BCUT2D eigenvalue weighted by molar-refractivity contribution is 0.0589. The quantitative estimate of drug-likeness (QED) is 0.521. The lowest BCUT2D eigenvalue weighted by Crippen LogP contribution is -2.36. The van der Waals surface area contributed by atoms with Crippen LogP contribution in [0.3, 0.4) is 0 Å². The molecular formula is C18H14Cl2FN5O6. The van der Waals surface area contributed by atoms with Gasteiger partial charge in [0.15, 0.2) is 5.75 Å². The topological polar surface area (TPSA) is 149 Å². The number of alkyl halides is 1. The summed E-state index contributed by atoms with van der Waals surface area (Å²) in [4.78, 5) is 49.4. The number of methoxy groups -OCH3 is 1. The van der Waals surface area contributed by atoms with Crippen LogP contribution in [0.15, 0.2) is 32.6 Å². The van der Waals surface area contributed by atoms with Gasteiger partial charge >= 0.3 is 11.7 Å². The number of ether oxygens (including phenoxy) is 2. The molecule has 0 unspecified atom stereocenters. The summed E-state index contributed by atoms with van der Waals surface area (Å²) in [6.45, 7) is 2.38. The van der Waals surface area contributed by atoms with Gasteiger partial charge in [-0.2, -0.15) is 9.78 Å². The number of esters is 1. The van der Waals surface area contributed by atoms with Crippen molar-refractivity contribution >= 4 is 29.2 Å². The average molecular weight is 486 g/mol. The molecule has 0 bridgehead atoms. The van der Waals surface area contributed by atoms with E-state index in [4.69, 9.17) is 27.9 Å². The van der Waals surface area contributed by atoms with E-state index in [1.54, 1.807) is 0 Å². The summed E-state index contributed by atoms with van der Waals surface area (Å²) in [6.07, 6.45) is 0. The highest BCUT2D eigenvalue weighted by Crippen LogP contribution is 2.38. The van der Waals surface area contributed by atoms with Crippen LogP contribution in [-0.2, 0) is 10.4 Å². The van der Waals surface area contributed by atoms with Crippen molar-refractivity contribution in [3.8, 4) is 17.3 Å². The van der Waals surface area contributed by atoms with Gasteiger partial charge in [0, 0.05) is 6.07 Å². The van der Waals surface area contributed by atoms with Crippen molar-refractivity contribution in [2.75, 3.05) is 7.11 Å². The van der Waals surface area contributed by atoms with Crippen molar-refractivity contribution in [2.24, 2.45) is 0 Å². The molecule has 2 heterocycles. The summed E-state index contributed by atoms with van der Waals surface area (Å²) in [7, 11) is 1.04. The van der Waals surface area contributed by atoms with E-state index in [0.29, 0.717) is 4.68 Å². The molecule has 0 aliphatic rings. The Morgan fingerprint density at radius 2 is 1.75 bits per heavy atom. The van der Waals surface area contributed by atoms with Crippen LogP contribution in [0.25, 0.3) is 5.69 Å². The van der Waals surface area contributed by atoms with Crippen LogP contribution < -0.4 is 21.5 Å². The minimum absolute atomic E-state index is 0.0150. The van der Waals surface area contributed by atoms with Gasteiger partial charge in [-0.3, -0.25) is 14.6 Å². The smallest absolute Gasteiger partial charge is 0.364 e. The summed E-state index contributed by atoms with van der Waals surface area (Å²) >= 11 is 12.4. The van der Waals surface area contributed by atoms with E-state index in [1.807, 2.05) is 4.98 Å². The molecule has 0 aliphatic carbocycles. The Hall–Kier alpha value is -3.51. The maximum atomic E-state index is 14.2. The van der Waals surface area contributed by atoms with Crippen LogP contribution in [0.4, 0.5) is 4.39 Å². The van der Waals surface area contributed by atoms with Gasteiger partial charge in [-0.25, -0.2) is 19.1 Å². The fraction of sp³-hybridized carbons (Fsp3) is 0.222. The molecule has 0 atom stereocenters. The predicted octanol–water partition coefficient (Wildman–Crippen LogP) is 2.09. The summed E-state index contributed by atoms with van der Waals surface area (Å²) in [5, 5.41) is 9.23. The molecule has 14 heteroatoms. The van der Waals surface area contributed by atoms with Gasteiger partial charge in [0.1, 0.15) is 5.67 Å². The second kappa shape index (κ2) is 8.55. The zero-order valence-corrected chi connectivity index (χ0v) is 18.2. The van der Waals surface area contributed by atoms with Crippen LogP contribution in [0.5, 0.6) is 11.6 Å². The molecule has 3 aromatic rings. The molecular weight excluding hydrogens is 472 g/mol. The minimum atomic E-state index is -1.97. The normalized spacial score (nSPS) is 11.3. The Labute approximate surface area is 187 Å². The predicted molar refractivity (Wildman–Crippen MR) is 111 cm³/mol. The third kappa shape index (κ3) is 4.55. The minimum Gasteiger partial charge on any atom is -0.464 e. The molecule has 0 fully saturated rings. The van der Waals surface area contributed by atoms with Gasteiger partial charge in [0.25, 0.3) is 11.1 Å². The molecule has 32 heavy (non-hydrogen) atoms. The first-order valence-corrected chi connectivity index (χ1v) is 9.46. The first kappa shape index (κ1) is 23.2. The maximum Gasteiger partial charge on any atom is 0.364 e. The molecule has 2 N–H and O–H groups in total. The molecule has 0 aliphatic heterocycles. The van der Waals surface area contributed by atoms with Gasteiger partial charge in [-0.1, -0.05) is 23.2 Å². The lowest BCUT2D eigenvalue weighted by atomic mass is 10.0. The molecule has 11 nitrogen and oxygen atoms in total. The van der Waals surface area contributed by atoms with Gasteiger partial charge < -0.3 is 9.47 Å². The number of carbonyl (C=O) groups is 1. The first-order valence-electron chi connectivity index (χ1n) is 8.70. The molecule has 0 radical (unpaired) electrons. The Kier molecular flexibility index (Phi) is 6.19. The van der Waals surface area contributed by atoms with E-state index in [1.165, 1.54) is 26.0 Å². The van der Waals surface area contributed by atoms with E-state index >= 15 is 0 Å². The molecule has 0 saturated heterocycles. The average Bonchev–Trinajstić information content (AvgIpc) is 2.70.